The van der Waals surface area contributed by atoms with Crippen LogP contribution in [0.25, 0.3) is 89.7 Å². The molecule has 0 amide bonds. The van der Waals surface area contributed by atoms with Gasteiger partial charge in [-0.2, -0.15) is 0 Å². The van der Waals surface area contributed by atoms with Crippen molar-refractivity contribution in [1.29, 1.82) is 0 Å². The van der Waals surface area contributed by atoms with Crippen molar-refractivity contribution in [2.45, 2.75) is 0 Å². The van der Waals surface area contributed by atoms with E-state index >= 15 is 0 Å². The number of benzene rings is 8. The molecule has 0 atom stereocenters. The number of rotatable bonds is 8. The van der Waals surface area contributed by atoms with E-state index in [1.807, 2.05) is 24.3 Å². The summed E-state index contributed by atoms with van der Waals surface area (Å²) in [5.41, 5.74) is -0.125. The SMILES string of the molecule is Clc1c(Cl)c2c(c(Cl)c1Oc1ccccc1)-c1nc-2nc2[n-]c(nc3nc(nc4[n-]c(n1)c1c(Cl)c(Cl)c(Oc5ccccc5)c(Cl)c41)-c1c(Cl)c(Oc4ccccc4)c(Cl)c(Cl)c1-3)c1c(Cl)c(Cl)c(Oc3ccccc3)c(Cl)c21.[Zn+2]. The van der Waals surface area contributed by atoms with Crippen molar-refractivity contribution in [2.75, 3.05) is 0 Å². The van der Waals surface area contributed by atoms with Gasteiger partial charge >= 0.3 is 19.5 Å². The third-order valence-corrected chi connectivity index (χ3v) is 17.2. The molecule has 25 heteroatoms. The Bertz CT molecular complexity index is 4640. The van der Waals surface area contributed by atoms with Gasteiger partial charge in [-0.1, -0.05) is 212 Å². The van der Waals surface area contributed by atoms with Crippen LogP contribution in [0.1, 0.15) is 0 Å². The molecule has 394 valence electrons. The Hall–Kier alpha value is -5.58. The minimum Gasteiger partial charge on any atom is -0.454 e. The molecule has 0 aliphatic carbocycles. The average Bonchev–Trinajstić information content (AvgIpc) is 4.31. The Kier molecular flexibility index (Phi) is 15.3. The maximum atomic E-state index is 7.41. The largest absolute Gasteiger partial charge is 2.00 e. The minimum atomic E-state index is -0.128. The smallest absolute Gasteiger partial charge is 0.454 e. The number of hydrogen-bond acceptors (Lipinski definition) is 10. The summed E-state index contributed by atoms with van der Waals surface area (Å²) < 4.78 is 25.2. The van der Waals surface area contributed by atoms with Crippen molar-refractivity contribution in [2.24, 2.45) is 0 Å². The van der Waals surface area contributed by atoms with Crippen LogP contribution in [0, 0.1) is 0 Å². The molecule has 81 heavy (non-hydrogen) atoms. The average molecular weight is 1360 g/mol. The third kappa shape index (κ3) is 9.53. The van der Waals surface area contributed by atoms with E-state index in [-0.39, 0.29) is 192 Å². The molecule has 11 aromatic rings. The first kappa shape index (κ1) is 55.9. The Morgan fingerprint density at radius 2 is 0.469 bits per heavy atom. The van der Waals surface area contributed by atoms with Crippen LogP contribution < -0.4 is 28.9 Å². The zero-order valence-electron chi connectivity index (χ0n) is 40.0. The third-order valence-electron chi connectivity index (χ3n) is 12.5. The van der Waals surface area contributed by atoms with Crippen molar-refractivity contribution in [1.82, 2.24) is 39.9 Å². The fourth-order valence-corrected chi connectivity index (χ4v) is 12.3. The van der Waals surface area contributed by atoms with Crippen molar-refractivity contribution >= 4 is 183 Å². The Morgan fingerprint density at radius 1 is 0.247 bits per heavy atom. The second-order valence-corrected chi connectivity index (χ2v) is 21.8. The van der Waals surface area contributed by atoms with Gasteiger partial charge in [-0.25, -0.2) is 9.97 Å². The van der Waals surface area contributed by atoms with Crippen molar-refractivity contribution in [3.8, 4) is 91.5 Å². The predicted octanol–water partition coefficient (Wildman–Crippen LogP) is 21.1. The normalized spacial score (nSPS) is 11.6. The Labute approximate surface area is 529 Å². The van der Waals surface area contributed by atoms with Crippen LogP contribution >= 0.6 is 139 Å². The summed E-state index contributed by atoms with van der Waals surface area (Å²) in [5.74, 6) is 0.840. The zero-order chi connectivity index (χ0) is 55.4. The van der Waals surface area contributed by atoms with E-state index in [1.54, 1.807) is 97.1 Å². The summed E-state index contributed by atoms with van der Waals surface area (Å²) in [6.45, 7) is 0. The maximum Gasteiger partial charge on any atom is 2.00 e. The monoisotopic (exact) mass is 1350 g/mol. The van der Waals surface area contributed by atoms with Gasteiger partial charge in [0.05, 0.1) is 63.5 Å². The molecule has 8 aromatic carbocycles. The fourth-order valence-electron chi connectivity index (χ4n) is 8.92. The molecule has 2 aliphatic heterocycles. The van der Waals surface area contributed by atoms with Gasteiger partial charge in [0.1, 0.15) is 43.1 Å². The molecule has 8 bridgehead atoms. The van der Waals surface area contributed by atoms with Crippen LogP contribution in [0.5, 0.6) is 46.0 Å². The van der Waals surface area contributed by atoms with Gasteiger partial charge in [-0.05, 0) is 48.5 Å². The first-order valence-electron chi connectivity index (χ1n) is 23.1. The quantitative estimate of drug-likeness (QED) is 0.106. The molecule has 0 unspecified atom stereocenters. The van der Waals surface area contributed by atoms with E-state index in [1.165, 1.54) is 0 Å². The summed E-state index contributed by atoms with van der Waals surface area (Å²) in [5, 5.41) is -0.694. The molecule has 3 aromatic heterocycles. The van der Waals surface area contributed by atoms with Crippen molar-refractivity contribution in [3.63, 3.8) is 0 Å². The summed E-state index contributed by atoms with van der Waals surface area (Å²) in [4.78, 5) is 39.9. The van der Waals surface area contributed by atoms with Gasteiger partial charge in [0.2, 0.25) is 0 Å². The molecule has 0 N–H and O–H groups in total. The molecule has 0 spiro atoms. The van der Waals surface area contributed by atoms with Gasteiger partial charge in [-0.3, -0.25) is 0 Å². The van der Waals surface area contributed by atoms with E-state index in [2.05, 4.69) is 0 Å². The number of nitrogens with zero attached hydrogens (tertiary/aromatic N) is 8. The standard InChI is InChI=1S/C56H20Cl12N8O4.Zn/c57-33-25-29(37(61)45(41(33)65)77-21-13-5-1-6-14-21)53-70-49(25)69-50-26-31(39(63)47(42(66)34(26)58)79-23-17-9-3-10-18-23)55(71-50)76-56-32-28(36(60)44(68)48(40(32)64)80-24-19-11-4-12-20-24)52(75-56)74-54-30-27(51(72-53)73-54)35(59)43(67)46(38(30)62)78-22-15-7-2-8-16-22;/h1-20H;/q-2;+2. The second-order valence-electron chi connectivity index (χ2n) is 17.2. The van der Waals surface area contributed by atoms with E-state index in [9.17, 15) is 0 Å². The van der Waals surface area contributed by atoms with Crippen LogP contribution in [0.4, 0.5) is 0 Å². The molecule has 0 saturated carbocycles. The van der Waals surface area contributed by atoms with E-state index < -0.39 is 0 Å². The number of aromatic nitrogens is 8. The maximum absolute atomic E-state index is 7.41. The van der Waals surface area contributed by atoms with Crippen LogP contribution in [0.3, 0.4) is 0 Å². The Morgan fingerprint density at radius 3 is 0.741 bits per heavy atom. The summed E-state index contributed by atoms with van der Waals surface area (Å²) >= 11 is 87.1. The molecule has 0 radical (unpaired) electrons. The second kappa shape index (κ2) is 22.2. The topological polar surface area (TPSA) is 142 Å². The molecule has 2 aliphatic rings. The molecular weight excluding hydrogens is 1340 g/mol. The van der Waals surface area contributed by atoms with Gasteiger partial charge in [-0.15, -0.1) is 0 Å². The van der Waals surface area contributed by atoms with Crippen molar-refractivity contribution < 1.29 is 38.4 Å². The first-order chi connectivity index (χ1) is 38.7. The number of para-hydroxylation sites is 4. The molecule has 12 nitrogen and oxygen atoms in total. The van der Waals surface area contributed by atoms with E-state index in [0.29, 0.717) is 23.0 Å². The fraction of sp³-hybridized carbons (Fsp3) is 0. The van der Waals surface area contributed by atoms with E-state index in [4.69, 9.17) is 198 Å². The molecular formula is C56H20Cl12N8O4Zn. The van der Waals surface area contributed by atoms with Crippen LogP contribution in [0.15, 0.2) is 121 Å². The number of fused-ring (bicyclic) bond motifs is 20. The number of hydrogen-bond donors (Lipinski definition) is 0. The minimum absolute atomic E-state index is 0. The summed E-state index contributed by atoms with van der Waals surface area (Å²) in [7, 11) is 0. The van der Waals surface area contributed by atoms with Gasteiger partial charge in [0, 0.05) is 66.4 Å². The molecule has 5 heterocycles. The van der Waals surface area contributed by atoms with Crippen LogP contribution in [-0.2, 0) is 19.5 Å². The summed E-state index contributed by atoms with van der Waals surface area (Å²) in [6, 6.07) is 35.0. The summed E-state index contributed by atoms with van der Waals surface area (Å²) in [6.07, 6.45) is 0. The first-order valence-corrected chi connectivity index (χ1v) is 27.7. The predicted molar refractivity (Wildman–Crippen MR) is 320 cm³/mol. The zero-order valence-corrected chi connectivity index (χ0v) is 52.0. The molecule has 0 saturated heterocycles. The van der Waals surface area contributed by atoms with Crippen LogP contribution in [0.2, 0.25) is 60.3 Å². The van der Waals surface area contributed by atoms with Gasteiger partial charge in [0.25, 0.3) is 0 Å². The number of halogens is 12. The molecule has 0 fully saturated rings. The van der Waals surface area contributed by atoms with Gasteiger partial charge in [0.15, 0.2) is 23.0 Å². The number of ether oxygens (including phenoxy) is 4. The van der Waals surface area contributed by atoms with E-state index in [0.717, 1.165) is 0 Å². The van der Waals surface area contributed by atoms with Gasteiger partial charge < -0.3 is 48.9 Å². The van der Waals surface area contributed by atoms with Crippen molar-refractivity contribution in [3.05, 3.63) is 182 Å². The van der Waals surface area contributed by atoms with Crippen LogP contribution in [-0.4, -0.2) is 29.9 Å². The Balaban J connectivity index is 0.00000651. The molecule has 13 rings (SSSR count).